The van der Waals surface area contributed by atoms with E-state index in [-0.39, 0.29) is 24.2 Å². The highest BCUT2D eigenvalue weighted by Crippen LogP contribution is 2.19. The average Bonchev–Trinajstić information content (AvgIpc) is 2.53. The van der Waals surface area contributed by atoms with Crippen LogP contribution in [0, 0.1) is 0 Å². The fraction of sp³-hybridized carbons (Fsp3) is 0.619. The molecule has 0 bridgehead atoms. The summed E-state index contributed by atoms with van der Waals surface area (Å²) in [7, 11) is 1.33. The van der Waals surface area contributed by atoms with Gasteiger partial charge in [-0.15, -0.1) is 0 Å². The van der Waals surface area contributed by atoms with Crippen molar-refractivity contribution in [1.82, 2.24) is 10.6 Å². The van der Waals surface area contributed by atoms with Crippen LogP contribution in [0.4, 0.5) is 4.79 Å². The van der Waals surface area contributed by atoms with Gasteiger partial charge in [-0.2, -0.15) is 0 Å². The standard InChI is InChI=1S/C21H34N2O5/c1-20(2,3)27-17-10-8-15(9-11-17)12-16(13-22-14-18(24)26-7)23-19(25)28-21(4,5)6/h8-11,16,22H,12-14H2,1-7H3,(H,23,25)/t16-/m0/s1. The predicted octanol–water partition coefficient (Wildman–Crippen LogP) is 3.06. The molecule has 1 aromatic carbocycles. The average molecular weight is 395 g/mol. The van der Waals surface area contributed by atoms with Crippen LogP contribution in [0.5, 0.6) is 5.75 Å². The van der Waals surface area contributed by atoms with E-state index < -0.39 is 11.7 Å². The molecule has 0 saturated heterocycles. The molecule has 28 heavy (non-hydrogen) atoms. The van der Waals surface area contributed by atoms with Crippen molar-refractivity contribution in [3.05, 3.63) is 29.8 Å². The number of hydrogen-bond acceptors (Lipinski definition) is 6. The lowest BCUT2D eigenvalue weighted by atomic mass is 10.1. The molecule has 1 amide bonds. The fourth-order valence-electron chi connectivity index (χ4n) is 2.40. The minimum absolute atomic E-state index is 0.0708. The van der Waals surface area contributed by atoms with Crippen molar-refractivity contribution in [2.75, 3.05) is 20.2 Å². The van der Waals surface area contributed by atoms with Crippen molar-refractivity contribution < 1.29 is 23.8 Å². The molecular weight excluding hydrogens is 360 g/mol. The van der Waals surface area contributed by atoms with Crippen molar-refractivity contribution >= 4 is 12.1 Å². The van der Waals surface area contributed by atoms with E-state index in [9.17, 15) is 9.59 Å². The van der Waals surface area contributed by atoms with Crippen LogP contribution in [0.25, 0.3) is 0 Å². The number of alkyl carbamates (subject to hydrolysis) is 1. The molecule has 0 aromatic heterocycles. The highest BCUT2D eigenvalue weighted by molar-refractivity contribution is 5.71. The SMILES string of the molecule is COC(=O)CNC[C@H](Cc1ccc(OC(C)(C)C)cc1)NC(=O)OC(C)(C)C. The lowest BCUT2D eigenvalue weighted by molar-refractivity contribution is -0.139. The van der Waals surface area contributed by atoms with E-state index >= 15 is 0 Å². The van der Waals surface area contributed by atoms with Crippen LogP contribution in [0.2, 0.25) is 0 Å². The van der Waals surface area contributed by atoms with Crippen LogP contribution in [-0.2, 0) is 20.7 Å². The molecule has 0 aliphatic rings. The fourth-order valence-corrected chi connectivity index (χ4v) is 2.40. The topological polar surface area (TPSA) is 85.9 Å². The molecule has 1 rings (SSSR count). The maximum Gasteiger partial charge on any atom is 0.407 e. The zero-order chi connectivity index (χ0) is 21.4. The van der Waals surface area contributed by atoms with Gasteiger partial charge < -0.3 is 24.8 Å². The molecule has 0 saturated carbocycles. The van der Waals surface area contributed by atoms with E-state index in [2.05, 4.69) is 15.4 Å². The number of amides is 1. The summed E-state index contributed by atoms with van der Waals surface area (Å²) in [5.74, 6) is 0.427. The van der Waals surface area contributed by atoms with Crippen LogP contribution in [-0.4, -0.2) is 49.5 Å². The van der Waals surface area contributed by atoms with Gasteiger partial charge in [0.05, 0.1) is 13.7 Å². The molecule has 7 heteroatoms. The smallest absolute Gasteiger partial charge is 0.407 e. The number of carbonyl (C=O) groups is 2. The summed E-state index contributed by atoms with van der Waals surface area (Å²) in [5, 5.41) is 5.86. The van der Waals surface area contributed by atoms with Gasteiger partial charge in [-0.3, -0.25) is 4.79 Å². The largest absolute Gasteiger partial charge is 0.488 e. The zero-order valence-corrected chi connectivity index (χ0v) is 18.0. The first-order valence-corrected chi connectivity index (χ1v) is 9.43. The molecule has 1 atom stereocenters. The quantitative estimate of drug-likeness (QED) is 0.659. The third-order valence-electron chi connectivity index (χ3n) is 3.44. The van der Waals surface area contributed by atoms with Crippen LogP contribution in [0.1, 0.15) is 47.1 Å². The van der Waals surface area contributed by atoms with Crippen LogP contribution < -0.4 is 15.4 Å². The first kappa shape index (κ1) is 23.8. The molecule has 0 radical (unpaired) electrons. The second-order valence-corrected chi connectivity index (χ2v) is 8.61. The van der Waals surface area contributed by atoms with Crippen molar-refractivity contribution in [2.24, 2.45) is 0 Å². The molecule has 1 aromatic rings. The van der Waals surface area contributed by atoms with Crippen molar-refractivity contribution in [3.8, 4) is 5.75 Å². The number of nitrogens with one attached hydrogen (secondary N) is 2. The third-order valence-corrected chi connectivity index (χ3v) is 3.44. The Balaban J connectivity index is 2.74. The van der Waals surface area contributed by atoms with E-state index in [0.29, 0.717) is 13.0 Å². The normalized spacial score (nSPS) is 12.8. The maximum atomic E-state index is 12.2. The Morgan fingerprint density at radius 2 is 1.61 bits per heavy atom. The van der Waals surface area contributed by atoms with E-state index in [1.165, 1.54) is 7.11 Å². The Kier molecular flexibility index (Phi) is 8.75. The van der Waals surface area contributed by atoms with Gasteiger partial charge in [0.1, 0.15) is 17.0 Å². The highest BCUT2D eigenvalue weighted by atomic mass is 16.6. The number of rotatable bonds is 8. The summed E-state index contributed by atoms with van der Waals surface area (Å²) in [6.45, 7) is 11.9. The molecule has 0 heterocycles. The van der Waals surface area contributed by atoms with Gasteiger partial charge in [-0.25, -0.2) is 4.79 Å². The lowest BCUT2D eigenvalue weighted by Crippen LogP contribution is -2.46. The van der Waals surface area contributed by atoms with Gasteiger partial charge >= 0.3 is 12.1 Å². The van der Waals surface area contributed by atoms with Gasteiger partial charge in [0.2, 0.25) is 0 Å². The summed E-state index contributed by atoms with van der Waals surface area (Å²) in [6.07, 6.45) is 0.0773. The van der Waals surface area contributed by atoms with Crippen molar-refractivity contribution in [2.45, 2.75) is 65.2 Å². The minimum Gasteiger partial charge on any atom is -0.488 e. The summed E-state index contributed by atoms with van der Waals surface area (Å²) in [5.41, 5.74) is 0.183. The molecule has 0 unspecified atom stereocenters. The molecule has 7 nitrogen and oxygen atoms in total. The van der Waals surface area contributed by atoms with E-state index in [1.807, 2.05) is 65.8 Å². The second kappa shape index (κ2) is 10.3. The van der Waals surface area contributed by atoms with Gasteiger partial charge in [-0.05, 0) is 65.7 Å². The molecule has 158 valence electrons. The van der Waals surface area contributed by atoms with E-state index in [1.54, 1.807) is 0 Å². The van der Waals surface area contributed by atoms with E-state index in [4.69, 9.17) is 9.47 Å². The molecule has 0 aliphatic heterocycles. The van der Waals surface area contributed by atoms with Gasteiger partial charge in [-0.1, -0.05) is 12.1 Å². The zero-order valence-electron chi connectivity index (χ0n) is 18.0. The first-order valence-electron chi connectivity index (χ1n) is 9.43. The maximum absolute atomic E-state index is 12.2. The van der Waals surface area contributed by atoms with Crippen LogP contribution in [0.3, 0.4) is 0 Å². The number of ether oxygens (including phenoxy) is 3. The number of hydrogen-bond donors (Lipinski definition) is 2. The Morgan fingerprint density at radius 1 is 1.00 bits per heavy atom. The third kappa shape index (κ3) is 10.8. The van der Waals surface area contributed by atoms with Gasteiger partial charge in [0, 0.05) is 12.6 Å². The molecule has 0 aliphatic carbocycles. The summed E-state index contributed by atoms with van der Waals surface area (Å²) in [4.78, 5) is 23.5. The summed E-state index contributed by atoms with van der Waals surface area (Å²) >= 11 is 0. The number of esters is 1. The second-order valence-electron chi connectivity index (χ2n) is 8.61. The van der Waals surface area contributed by atoms with Crippen LogP contribution in [0.15, 0.2) is 24.3 Å². The predicted molar refractivity (Wildman–Crippen MR) is 109 cm³/mol. The summed E-state index contributed by atoms with van der Waals surface area (Å²) < 4.78 is 15.8. The first-order chi connectivity index (χ1) is 12.9. The Morgan fingerprint density at radius 3 is 2.11 bits per heavy atom. The Bertz CT molecular complexity index is 630. The molecule has 2 N–H and O–H groups in total. The van der Waals surface area contributed by atoms with Crippen molar-refractivity contribution in [3.63, 3.8) is 0 Å². The Hall–Kier alpha value is -2.28. The minimum atomic E-state index is -0.583. The van der Waals surface area contributed by atoms with Gasteiger partial charge in [0.25, 0.3) is 0 Å². The number of methoxy groups -OCH3 is 1. The van der Waals surface area contributed by atoms with Gasteiger partial charge in [0.15, 0.2) is 0 Å². The number of carbonyl (C=O) groups excluding carboxylic acids is 2. The molecule has 0 fully saturated rings. The lowest BCUT2D eigenvalue weighted by Gasteiger charge is -2.24. The Labute approximate surface area is 168 Å². The summed E-state index contributed by atoms with van der Waals surface area (Å²) in [6, 6.07) is 7.49. The molecular formula is C21H34N2O5. The van der Waals surface area contributed by atoms with E-state index in [0.717, 1.165) is 11.3 Å². The monoisotopic (exact) mass is 394 g/mol. The van der Waals surface area contributed by atoms with Crippen molar-refractivity contribution in [1.29, 1.82) is 0 Å². The van der Waals surface area contributed by atoms with Crippen LogP contribution >= 0.6 is 0 Å². The highest BCUT2D eigenvalue weighted by Gasteiger charge is 2.20. The number of benzene rings is 1. The molecule has 0 spiro atoms.